The van der Waals surface area contributed by atoms with Crippen molar-refractivity contribution in [2.45, 2.75) is 11.4 Å². The summed E-state index contributed by atoms with van der Waals surface area (Å²) in [6.45, 7) is 1.13. The molecule has 0 unspecified atom stereocenters. The lowest BCUT2D eigenvalue weighted by Crippen LogP contribution is -2.38. The van der Waals surface area contributed by atoms with E-state index in [2.05, 4.69) is 10.6 Å². The zero-order valence-corrected chi connectivity index (χ0v) is 19.4. The highest BCUT2D eigenvalue weighted by atomic mass is 32.2. The topological polar surface area (TPSA) is 109 Å². The molecular weight excluding hydrogens is 470 g/mol. The number of hydrogen-bond donors (Lipinski definition) is 2. The van der Waals surface area contributed by atoms with Crippen LogP contribution in [0.3, 0.4) is 0 Å². The van der Waals surface area contributed by atoms with Crippen LogP contribution in [0, 0.1) is 0 Å². The minimum atomic E-state index is -3.69. The number of thiophene rings is 1. The van der Waals surface area contributed by atoms with Gasteiger partial charge in [0.25, 0.3) is 11.8 Å². The highest BCUT2D eigenvalue weighted by Gasteiger charge is 2.31. The quantitative estimate of drug-likeness (QED) is 0.525. The number of furan rings is 1. The number of sulfonamides is 1. The second-order valence-electron chi connectivity index (χ2n) is 6.94. The zero-order valence-electron chi connectivity index (χ0n) is 16.9. The predicted molar refractivity (Wildman–Crippen MR) is 125 cm³/mol. The SMILES string of the molecule is O=C(Nc1ccc(CNC(=O)c2sccc2S(=O)(=O)N2CCSCC2)cc1)c1ccco1. The number of carbonyl (C=O) groups excluding carboxylic acids is 2. The maximum absolute atomic E-state index is 13.0. The molecule has 0 atom stereocenters. The Balaban J connectivity index is 1.37. The molecule has 3 heterocycles. The summed E-state index contributed by atoms with van der Waals surface area (Å²) >= 11 is 2.83. The molecule has 0 radical (unpaired) electrons. The number of carbonyl (C=O) groups is 2. The van der Waals surface area contributed by atoms with Gasteiger partial charge < -0.3 is 15.1 Å². The largest absolute Gasteiger partial charge is 0.459 e. The summed E-state index contributed by atoms with van der Waals surface area (Å²) in [4.78, 5) is 25.0. The molecule has 11 heteroatoms. The molecule has 32 heavy (non-hydrogen) atoms. The summed E-state index contributed by atoms with van der Waals surface area (Å²) in [5, 5.41) is 7.13. The summed E-state index contributed by atoms with van der Waals surface area (Å²) in [7, 11) is -3.69. The molecule has 1 aromatic carbocycles. The van der Waals surface area contributed by atoms with Crippen LogP contribution < -0.4 is 10.6 Å². The van der Waals surface area contributed by atoms with Crippen LogP contribution in [-0.2, 0) is 16.6 Å². The predicted octanol–water partition coefficient (Wildman–Crippen LogP) is 3.26. The van der Waals surface area contributed by atoms with Gasteiger partial charge in [0, 0.05) is 36.8 Å². The smallest absolute Gasteiger partial charge is 0.291 e. The number of amides is 2. The van der Waals surface area contributed by atoms with Crippen LogP contribution in [0.4, 0.5) is 5.69 Å². The molecular formula is C21H21N3O5S3. The number of nitrogens with one attached hydrogen (secondary N) is 2. The molecule has 0 bridgehead atoms. The van der Waals surface area contributed by atoms with Gasteiger partial charge in [-0.3, -0.25) is 9.59 Å². The first-order valence-electron chi connectivity index (χ1n) is 9.82. The maximum Gasteiger partial charge on any atom is 0.291 e. The Morgan fingerprint density at radius 3 is 2.47 bits per heavy atom. The molecule has 2 amide bonds. The van der Waals surface area contributed by atoms with Crippen LogP contribution in [0.5, 0.6) is 0 Å². The van der Waals surface area contributed by atoms with E-state index in [4.69, 9.17) is 4.42 Å². The average Bonchev–Trinajstić information content (AvgIpc) is 3.52. The number of anilines is 1. The molecule has 1 fully saturated rings. The molecule has 8 nitrogen and oxygen atoms in total. The Bertz CT molecular complexity index is 1180. The van der Waals surface area contributed by atoms with E-state index in [1.165, 1.54) is 16.6 Å². The van der Waals surface area contributed by atoms with Crippen molar-refractivity contribution >= 4 is 50.6 Å². The molecule has 168 valence electrons. The van der Waals surface area contributed by atoms with Crippen molar-refractivity contribution < 1.29 is 22.4 Å². The monoisotopic (exact) mass is 491 g/mol. The van der Waals surface area contributed by atoms with Crippen molar-refractivity contribution in [3.05, 3.63) is 70.3 Å². The van der Waals surface area contributed by atoms with Gasteiger partial charge in [-0.1, -0.05) is 12.1 Å². The van der Waals surface area contributed by atoms with E-state index in [1.807, 2.05) is 0 Å². The van der Waals surface area contributed by atoms with Gasteiger partial charge in [-0.05, 0) is 41.3 Å². The number of nitrogens with zero attached hydrogens (tertiary/aromatic N) is 1. The second-order valence-corrected chi connectivity index (χ2v) is 11.0. The fourth-order valence-corrected chi connectivity index (χ4v) is 7.05. The van der Waals surface area contributed by atoms with Gasteiger partial charge in [0.2, 0.25) is 10.0 Å². The van der Waals surface area contributed by atoms with Crippen LogP contribution in [0.2, 0.25) is 0 Å². The third kappa shape index (κ3) is 5.07. The van der Waals surface area contributed by atoms with Crippen LogP contribution in [0.15, 0.2) is 63.4 Å². The lowest BCUT2D eigenvalue weighted by Gasteiger charge is -2.25. The Hall–Kier alpha value is -2.60. The fraction of sp³-hybridized carbons (Fsp3) is 0.238. The lowest BCUT2D eigenvalue weighted by atomic mass is 10.2. The Morgan fingerprint density at radius 2 is 1.78 bits per heavy atom. The van der Waals surface area contributed by atoms with Crippen molar-refractivity contribution in [2.75, 3.05) is 29.9 Å². The van der Waals surface area contributed by atoms with Gasteiger partial charge in [0.05, 0.1) is 6.26 Å². The summed E-state index contributed by atoms with van der Waals surface area (Å²) in [6, 6.07) is 11.7. The van der Waals surface area contributed by atoms with Crippen molar-refractivity contribution in [1.29, 1.82) is 0 Å². The van der Waals surface area contributed by atoms with E-state index >= 15 is 0 Å². The molecule has 1 aliphatic heterocycles. The first-order valence-corrected chi connectivity index (χ1v) is 13.3. The average molecular weight is 492 g/mol. The van der Waals surface area contributed by atoms with E-state index in [9.17, 15) is 18.0 Å². The summed E-state index contributed by atoms with van der Waals surface area (Å²) < 4.78 is 32.4. The van der Waals surface area contributed by atoms with Gasteiger partial charge in [-0.2, -0.15) is 16.1 Å². The third-order valence-corrected chi connectivity index (χ3v) is 8.76. The molecule has 1 aliphatic rings. The van der Waals surface area contributed by atoms with Gasteiger partial charge in [-0.15, -0.1) is 11.3 Å². The van der Waals surface area contributed by atoms with E-state index in [1.54, 1.807) is 53.5 Å². The minimum Gasteiger partial charge on any atom is -0.459 e. The maximum atomic E-state index is 13.0. The summed E-state index contributed by atoms with van der Waals surface area (Å²) in [5.41, 5.74) is 1.40. The van der Waals surface area contributed by atoms with Gasteiger partial charge in [-0.25, -0.2) is 8.42 Å². The van der Waals surface area contributed by atoms with Gasteiger partial charge in [0.15, 0.2) is 5.76 Å². The number of benzene rings is 1. The summed E-state index contributed by atoms with van der Waals surface area (Å²) in [5.74, 6) is 0.937. The molecule has 4 rings (SSSR count). The van der Waals surface area contributed by atoms with Crippen LogP contribution >= 0.6 is 23.1 Å². The van der Waals surface area contributed by atoms with E-state index in [0.717, 1.165) is 28.4 Å². The van der Waals surface area contributed by atoms with Gasteiger partial charge in [0.1, 0.15) is 9.77 Å². The molecule has 0 spiro atoms. The first kappa shape index (κ1) is 22.6. The molecule has 3 aromatic rings. The normalized spacial score (nSPS) is 14.8. The Morgan fingerprint density at radius 1 is 1.03 bits per heavy atom. The highest BCUT2D eigenvalue weighted by Crippen LogP contribution is 2.27. The Kier molecular flexibility index (Phi) is 6.99. The second kappa shape index (κ2) is 9.90. The minimum absolute atomic E-state index is 0.0582. The van der Waals surface area contributed by atoms with Crippen molar-refractivity contribution in [1.82, 2.24) is 9.62 Å². The number of rotatable bonds is 7. The fourth-order valence-electron chi connectivity index (χ4n) is 3.16. The molecule has 2 N–H and O–H groups in total. The van der Waals surface area contributed by atoms with E-state index in [0.29, 0.717) is 18.8 Å². The van der Waals surface area contributed by atoms with Gasteiger partial charge >= 0.3 is 0 Å². The molecule has 1 saturated heterocycles. The van der Waals surface area contributed by atoms with Crippen LogP contribution in [0.25, 0.3) is 0 Å². The molecule has 2 aromatic heterocycles. The molecule has 0 aliphatic carbocycles. The molecule has 0 saturated carbocycles. The standard InChI is InChI=1S/C21H21N3O5S3/c25-20(17-2-1-10-29-17)23-16-5-3-15(4-6-16)14-22-21(26)19-18(7-11-31-19)32(27,28)24-8-12-30-13-9-24/h1-7,10-11H,8-9,12-14H2,(H,22,26)(H,23,25). The van der Waals surface area contributed by atoms with E-state index in [-0.39, 0.29) is 28.0 Å². The van der Waals surface area contributed by atoms with Crippen LogP contribution in [0.1, 0.15) is 25.8 Å². The zero-order chi connectivity index (χ0) is 22.6. The number of thioether (sulfide) groups is 1. The van der Waals surface area contributed by atoms with Crippen molar-refractivity contribution in [3.63, 3.8) is 0 Å². The van der Waals surface area contributed by atoms with E-state index < -0.39 is 15.9 Å². The Labute approximate surface area is 194 Å². The lowest BCUT2D eigenvalue weighted by molar-refractivity contribution is 0.0950. The first-order chi connectivity index (χ1) is 15.4. The third-order valence-electron chi connectivity index (χ3n) is 4.83. The van der Waals surface area contributed by atoms with Crippen molar-refractivity contribution in [2.24, 2.45) is 0 Å². The highest BCUT2D eigenvalue weighted by molar-refractivity contribution is 7.99. The van der Waals surface area contributed by atoms with Crippen LogP contribution in [-0.4, -0.2) is 49.1 Å². The number of hydrogen-bond acceptors (Lipinski definition) is 7. The summed E-state index contributed by atoms with van der Waals surface area (Å²) in [6.07, 6.45) is 1.43. The van der Waals surface area contributed by atoms with Crippen molar-refractivity contribution in [3.8, 4) is 0 Å².